The van der Waals surface area contributed by atoms with Crippen LogP contribution in [0.4, 0.5) is 0 Å². The summed E-state index contributed by atoms with van der Waals surface area (Å²) >= 11 is 5.93. The minimum Gasteiger partial charge on any atom is -0.451 e. The van der Waals surface area contributed by atoms with Gasteiger partial charge in [-0.25, -0.2) is 0 Å². The highest BCUT2D eigenvalue weighted by Gasteiger charge is 2.22. The van der Waals surface area contributed by atoms with Gasteiger partial charge in [-0.3, -0.25) is 4.79 Å². The third-order valence-corrected chi connectivity index (χ3v) is 4.64. The van der Waals surface area contributed by atoms with Crippen LogP contribution in [0.5, 0.6) is 0 Å². The summed E-state index contributed by atoms with van der Waals surface area (Å²) in [6, 6.07) is 7.01. The molecule has 3 rings (SSSR count). The van der Waals surface area contributed by atoms with E-state index in [9.17, 15) is 9.90 Å². The molecule has 5 heteroatoms. The van der Waals surface area contributed by atoms with Crippen LogP contribution < -0.4 is 5.32 Å². The molecule has 0 bridgehead atoms. The Morgan fingerprint density at radius 1 is 1.32 bits per heavy atom. The molecule has 1 fully saturated rings. The van der Waals surface area contributed by atoms with E-state index in [1.807, 2.05) is 0 Å². The standard InChI is InChI=1S/C17H20ClNO3/c18-14-4-5-15-13(7-14)8-16(22-15)17(21)19-9-11-2-1-3-12(6-11)10-20/h4-5,7-8,11-12,20H,1-3,6,9-10H2,(H,19,21)/t11-,12+/m0/s1. The molecule has 2 atom stereocenters. The number of furan rings is 1. The SMILES string of the molecule is O=C(NC[C@H]1CCC[C@@H](CO)C1)c1cc2cc(Cl)ccc2o1. The topological polar surface area (TPSA) is 62.5 Å². The van der Waals surface area contributed by atoms with Gasteiger partial charge in [0, 0.05) is 23.6 Å². The molecule has 1 aliphatic carbocycles. The molecule has 1 saturated carbocycles. The van der Waals surface area contributed by atoms with Gasteiger partial charge in [-0.15, -0.1) is 0 Å². The summed E-state index contributed by atoms with van der Waals surface area (Å²) in [5, 5.41) is 13.6. The van der Waals surface area contributed by atoms with Crippen LogP contribution in [-0.4, -0.2) is 24.2 Å². The zero-order valence-corrected chi connectivity index (χ0v) is 13.1. The number of hydrogen-bond donors (Lipinski definition) is 2. The number of fused-ring (bicyclic) bond motifs is 1. The van der Waals surface area contributed by atoms with Crippen molar-refractivity contribution in [1.29, 1.82) is 0 Å². The molecular weight excluding hydrogens is 302 g/mol. The second-order valence-corrected chi connectivity index (χ2v) is 6.52. The first-order valence-corrected chi connectivity index (χ1v) is 8.11. The van der Waals surface area contributed by atoms with E-state index in [1.54, 1.807) is 24.3 Å². The van der Waals surface area contributed by atoms with Crippen molar-refractivity contribution in [2.24, 2.45) is 11.8 Å². The molecule has 1 heterocycles. The van der Waals surface area contributed by atoms with Crippen molar-refractivity contribution in [2.45, 2.75) is 25.7 Å². The van der Waals surface area contributed by atoms with Crippen LogP contribution in [-0.2, 0) is 0 Å². The van der Waals surface area contributed by atoms with E-state index in [4.69, 9.17) is 16.0 Å². The van der Waals surface area contributed by atoms with Crippen molar-refractivity contribution in [3.05, 3.63) is 35.0 Å². The van der Waals surface area contributed by atoms with E-state index in [0.29, 0.717) is 34.7 Å². The number of aliphatic hydroxyl groups excluding tert-OH is 1. The Hall–Kier alpha value is -1.52. The summed E-state index contributed by atoms with van der Waals surface area (Å²) in [7, 11) is 0. The molecule has 1 aromatic carbocycles. The predicted octanol–water partition coefficient (Wildman–Crippen LogP) is 3.61. The fraction of sp³-hybridized carbons (Fsp3) is 0.471. The minimum atomic E-state index is -0.196. The third kappa shape index (κ3) is 3.45. The lowest BCUT2D eigenvalue weighted by Crippen LogP contribution is -2.32. The summed E-state index contributed by atoms with van der Waals surface area (Å²) in [5.74, 6) is 0.933. The summed E-state index contributed by atoms with van der Waals surface area (Å²) in [6.45, 7) is 0.877. The van der Waals surface area contributed by atoms with Crippen LogP contribution in [0.15, 0.2) is 28.7 Å². The Bertz CT molecular complexity index is 667. The first-order valence-electron chi connectivity index (χ1n) is 7.74. The van der Waals surface area contributed by atoms with Gasteiger partial charge in [0.1, 0.15) is 5.58 Å². The van der Waals surface area contributed by atoms with Gasteiger partial charge in [0.25, 0.3) is 5.91 Å². The average Bonchev–Trinajstić information content (AvgIpc) is 2.96. The second-order valence-electron chi connectivity index (χ2n) is 6.08. The molecular formula is C17H20ClNO3. The highest BCUT2D eigenvalue weighted by Crippen LogP contribution is 2.28. The number of amides is 1. The molecule has 2 N–H and O–H groups in total. The van der Waals surface area contributed by atoms with Crippen LogP contribution in [0, 0.1) is 11.8 Å². The molecule has 0 spiro atoms. The molecule has 0 aliphatic heterocycles. The maximum atomic E-state index is 12.2. The quantitative estimate of drug-likeness (QED) is 0.904. The van der Waals surface area contributed by atoms with Crippen LogP contribution in [0.2, 0.25) is 5.02 Å². The zero-order chi connectivity index (χ0) is 15.5. The van der Waals surface area contributed by atoms with Crippen molar-refractivity contribution >= 4 is 28.5 Å². The number of rotatable bonds is 4. The van der Waals surface area contributed by atoms with Gasteiger partial charge in [0.15, 0.2) is 5.76 Å². The van der Waals surface area contributed by atoms with Crippen molar-refractivity contribution in [1.82, 2.24) is 5.32 Å². The summed E-state index contributed by atoms with van der Waals surface area (Å²) in [5.41, 5.74) is 0.660. The molecule has 118 valence electrons. The smallest absolute Gasteiger partial charge is 0.287 e. The number of halogens is 1. The predicted molar refractivity (Wildman–Crippen MR) is 86.1 cm³/mol. The van der Waals surface area contributed by atoms with Crippen LogP contribution >= 0.6 is 11.6 Å². The molecule has 2 aromatic rings. The molecule has 0 radical (unpaired) electrons. The fourth-order valence-corrected chi connectivity index (χ4v) is 3.38. The molecule has 0 unspecified atom stereocenters. The zero-order valence-electron chi connectivity index (χ0n) is 12.3. The van der Waals surface area contributed by atoms with E-state index in [2.05, 4.69) is 5.32 Å². The first kappa shape index (κ1) is 15.4. The summed E-state index contributed by atoms with van der Waals surface area (Å²) in [4.78, 5) is 12.2. The van der Waals surface area contributed by atoms with Gasteiger partial charge in [0.05, 0.1) is 0 Å². The average molecular weight is 322 g/mol. The van der Waals surface area contributed by atoms with E-state index in [1.165, 1.54) is 0 Å². The van der Waals surface area contributed by atoms with Gasteiger partial charge in [-0.2, -0.15) is 0 Å². The van der Waals surface area contributed by atoms with Gasteiger partial charge in [-0.1, -0.05) is 18.0 Å². The number of carbonyl (C=O) groups is 1. The van der Waals surface area contributed by atoms with Crippen LogP contribution in [0.25, 0.3) is 11.0 Å². The van der Waals surface area contributed by atoms with Crippen LogP contribution in [0.1, 0.15) is 36.2 Å². The van der Waals surface area contributed by atoms with Gasteiger partial charge < -0.3 is 14.8 Å². The molecule has 1 aromatic heterocycles. The molecule has 1 amide bonds. The minimum absolute atomic E-state index is 0.196. The Kier molecular flexibility index (Phi) is 4.69. The Labute approximate surface area is 134 Å². The van der Waals surface area contributed by atoms with Gasteiger partial charge in [-0.05, 0) is 55.4 Å². The monoisotopic (exact) mass is 321 g/mol. The number of aliphatic hydroxyl groups is 1. The molecule has 1 aliphatic rings. The van der Waals surface area contributed by atoms with Crippen molar-refractivity contribution < 1.29 is 14.3 Å². The van der Waals surface area contributed by atoms with E-state index in [-0.39, 0.29) is 12.5 Å². The Morgan fingerprint density at radius 2 is 2.14 bits per heavy atom. The lowest BCUT2D eigenvalue weighted by Gasteiger charge is -2.27. The van der Waals surface area contributed by atoms with Crippen LogP contribution in [0.3, 0.4) is 0 Å². The third-order valence-electron chi connectivity index (χ3n) is 4.40. The van der Waals surface area contributed by atoms with E-state index < -0.39 is 0 Å². The highest BCUT2D eigenvalue weighted by atomic mass is 35.5. The normalized spacial score (nSPS) is 21.9. The first-order chi connectivity index (χ1) is 10.7. The lowest BCUT2D eigenvalue weighted by molar-refractivity contribution is 0.0909. The Balaban J connectivity index is 1.61. The van der Waals surface area contributed by atoms with Crippen molar-refractivity contribution in [2.75, 3.05) is 13.2 Å². The van der Waals surface area contributed by atoms with E-state index in [0.717, 1.165) is 31.1 Å². The fourth-order valence-electron chi connectivity index (χ4n) is 3.20. The Morgan fingerprint density at radius 3 is 2.95 bits per heavy atom. The van der Waals surface area contributed by atoms with Crippen molar-refractivity contribution in [3.63, 3.8) is 0 Å². The summed E-state index contributed by atoms with van der Waals surface area (Å²) in [6.07, 6.45) is 4.29. The molecule has 4 nitrogen and oxygen atoms in total. The van der Waals surface area contributed by atoms with E-state index >= 15 is 0 Å². The van der Waals surface area contributed by atoms with Gasteiger partial charge >= 0.3 is 0 Å². The number of benzene rings is 1. The summed E-state index contributed by atoms with van der Waals surface area (Å²) < 4.78 is 5.56. The molecule has 0 saturated heterocycles. The van der Waals surface area contributed by atoms with Crippen molar-refractivity contribution in [3.8, 4) is 0 Å². The highest BCUT2D eigenvalue weighted by molar-refractivity contribution is 6.31. The number of nitrogens with one attached hydrogen (secondary N) is 1. The maximum Gasteiger partial charge on any atom is 0.287 e. The molecule has 22 heavy (non-hydrogen) atoms. The van der Waals surface area contributed by atoms with Gasteiger partial charge in [0.2, 0.25) is 0 Å². The number of carbonyl (C=O) groups excluding carboxylic acids is 1. The largest absolute Gasteiger partial charge is 0.451 e. The maximum absolute atomic E-state index is 12.2. The number of hydrogen-bond acceptors (Lipinski definition) is 3. The second kappa shape index (κ2) is 6.71. The lowest BCUT2D eigenvalue weighted by atomic mass is 9.82.